The van der Waals surface area contributed by atoms with Gasteiger partial charge in [-0.05, 0) is 12.1 Å². The highest BCUT2D eigenvalue weighted by Gasteiger charge is 2.05. The summed E-state index contributed by atoms with van der Waals surface area (Å²) >= 11 is 0. The molecule has 0 aliphatic carbocycles. The lowest BCUT2D eigenvalue weighted by Gasteiger charge is -1.96. The number of hydrogen-bond acceptors (Lipinski definition) is 3. The van der Waals surface area contributed by atoms with Crippen LogP contribution in [0.1, 0.15) is 0 Å². The molecule has 17 heavy (non-hydrogen) atoms. The first-order valence-electron chi connectivity index (χ1n) is 4.80. The fourth-order valence-electron chi connectivity index (χ4n) is 1.40. The second-order valence-electron chi connectivity index (χ2n) is 3.34. The average molecular weight is 232 g/mol. The highest BCUT2D eigenvalue weighted by molar-refractivity contribution is 5.96. The Morgan fingerprint density at radius 3 is 2.71 bits per heavy atom. The van der Waals surface area contributed by atoms with Crippen molar-refractivity contribution in [3.05, 3.63) is 18.2 Å². The van der Waals surface area contributed by atoms with E-state index in [1.54, 1.807) is 19.2 Å². The van der Waals surface area contributed by atoms with Gasteiger partial charge in [0, 0.05) is 7.05 Å². The third-order valence-electron chi connectivity index (χ3n) is 1.97. The van der Waals surface area contributed by atoms with E-state index in [9.17, 15) is 0 Å². The van der Waals surface area contributed by atoms with Gasteiger partial charge in [0.2, 0.25) is 5.96 Å². The summed E-state index contributed by atoms with van der Waals surface area (Å²) in [6, 6.07) is 5.39. The van der Waals surface area contributed by atoms with Crippen molar-refractivity contribution in [2.75, 3.05) is 0 Å². The number of aryl methyl sites for hydroxylation is 1. The molecule has 1 heterocycles. The molecule has 0 aliphatic rings. The van der Waals surface area contributed by atoms with Crippen molar-refractivity contribution < 1.29 is 0 Å². The normalized spacial score (nSPS) is 11.7. The molecule has 0 amide bonds. The van der Waals surface area contributed by atoms with Gasteiger partial charge in [-0.25, -0.2) is 4.99 Å². The molecule has 1 aromatic heterocycles. The number of fused-ring (bicyclic) bond motifs is 1. The summed E-state index contributed by atoms with van der Waals surface area (Å²) in [6.07, 6.45) is 0. The number of nitrogens with two attached hydrogens (primary N) is 3. The summed E-state index contributed by atoms with van der Waals surface area (Å²) in [6.45, 7) is 0. The highest BCUT2D eigenvalue weighted by Crippen LogP contribution is 2.22. The molecule has 1 aromatic carbocycles. The first-order valence-corrected chi connectivity index (χ1v) is 4.80. The Morgan fingerprint density at radius 1 is 1.24 bits per heavy atom. The van der Waals surface area contributed by atoms with Crippen molar-refractivity contribution in [2.24, 2.45) is 34.2 Å². The molecular weight excluding hydrogens is 220 g/mol. The third kappa shape index (κ3) is 2.30. The van der Waals surface area contributed by atoms with E-state index in [-0.39, 0.29) is 11.9 Å². The zero-order valence-electron chi connectivity index (χ0n) is 9.20. The van der Waals surface area contributed by atoms with Gasteiger partial charge in [-0.1, -0.05) is 6.07 Å². The second-order valence-corrected chi connectivity index (χ2v) is 3.34. The molecule has 6 N–H and O–H groups in total. The minimum absolute atomic E-state index is 0.0249. The Kier molecular flexibility index (Phi) is 2.61. The fourth-order valence-corrected chi connectivity index (χ4v) is 1.40. The van der Waals surface area contributed by atoms with Crippen LogP contribution in [0, 0.1) is 0 Å². The van der Waals surface area contributed by atoms with Gasteiger partial charge in [-0.2, -0.15) is 20.0 Å². The largest absolute Gasteiger partial charge is 0.370 e. The van der Waals surface area contributed by atoms with Crippen LogP contribution in [0.4, 0.5) is 5.69 Å². The van der Waals surface area contributed by atoms with E-state index in [4.69, 9.17) is 17.2 Å². The predicted molar refractivity (Wildman–Crippen MR) is 65.6 cm³/mol. The average Bonchev–Trinajstić information content (AvgIpc) is 2.58. The Hall–Kier alpha value is -2.64. The maximum absolute atomic E-state index is 5.55. The lowest BCUT2D eigenvalue weighted by atomic mass is 10.3. The number of guanidine groups is 2. The molecule has 8 heteroatoms. The molecule has 0 fully saturated rings. The maximum Gasteiger partial charge on any atom is 0.223 e. The standard InChI is InChI=1S/C9H12N8/c1-17-15-6-4-2-3-5(7(6)16-17)13-9(12)14-8(10)11/h2-4H,1H3,(H6,10,11,12,13,14). The maximum atomic E-state index is 5.55. The number of benzene rings is 1. The molecule has 0 spiro atoms. The van der Waals surface area contributed by atoms with Gasteiger partial charge < -0.3 is 17.2 Å². The zero-order chi connectivity index (χ0) is 12.4. The highest BCUT2D eigenvalue weighted by atomic mass is 15.5. The number of rotatable bonds is 1. The number of hydrogen-bond donors (Lipinski definition) is 3. The Labute approximate surface area is 96.8 Å². The number of aliphatic imine (C=N–C) groups is 2. The fraction of sp³-hybridized carbons (Fsp3) is 0.111. The van der Waals surface area contributed by atoms with E-state index in [2.05, 4.69) is 20.2 Å². The Bertz CT molecular complexity index is 604. The number of aromatic nitrogens is 3. The topological polar surface area (TPSA) is 133 Å². The van der Waals surface area contributed by atoms with Crippen LogP contribution in [0.5, 0.6) is 0 Å². The third-order valence-corrected chi connectivity index (χ3v) is 1.97. The van der Waals surface area contributed by atoms with Crippen LogP contribution in [0.3, 0.4) is 0 Å². The van der Waals surface area contributed by atoms with E-state index >= 15 is 0 Å². The molecule has 0 unspecified atom stereocenters. The van der Waals surface area contributed by atoms with Crippen LogP contribution in [0.2, 0.25) is 0 Å². The number of nitrogens with zero attached hydrogens (tertiary/aromatic N) is 5. The summed E-state index contributed by atoms with van der Waals surface area (Å²) in [7, 11) is 1.73. The molecule has 0 saturated heterocycles. The van der Waals surface area contributed by atoms with Gasteiger partial charge in [0.1, 0.15) is 11.0 Å². The van der Waals surface area contributed by atoms with Crippen molar-refractivity contribution >= 4 is 28.6 Å². The van der Waals surface area contributed by atoms with Gasteiger partial charge in [-0.15, -0.1) is 0 Å². The van der Waals surface area contributed by atoms with Gasteiger partial charge in [0.05, 0.1) is 5.69 Å². The monoisotopic (exact) mass is 232 g/mol. The quantitative estimate of drug-likeness (QED) is 0.436. The summed E-state index contributed by atoms with van der Waals surface area (Å²) in [5.41, 5.74) is 17.9. The van der Waals surface area contributed by atoms with Gasteiger partial charge in [0.25, 0.3) is 0 Å². The SMILES string of the molecule is Cn1nc2cccc(N=C(N)N=C(N)N)c2n1. The predicted octanol–water partition coefficient (Wildman–Crippen LogP) is -0.812. The van der Waals surface area contributed by atoms with Crippen molar-refractivity contribution in [3.8, 4) is 0 Å². The van der Waals surface area contributed by atoms with Crippen LogP contribution >= 0.6 is 0 Å². The molecule has 0 saturated carbocycles. The summed E-state index contributed by atoms with van der Waals surface area (Å²) in [5, 5.41) is 8.33. The molecule has 2 aromatic rings. The summed E-state index contributed by atoms with van der Waals surface area (Å²) in [5.74, 6) is -0.166. The van der Waals surface area contributed by atoms with E-state index in [1.807, 2.05) is 6.07 Å². The van der Waals surface area contributed by atoms with Crippen molar-refractivity contribution in [2.45, 2.75) is 0 Å². The van der Waals surface area contributed by atoms with Crippen LogP contribution in [0.15, 0.2) is 28.2 Å². The molecule has 0 aliphatic heterocycles. The summed E-state index contributed by atoms with van der Waals surface area (Å²) < 4.78 is 0. The van der Waals surface area contributed by atoms with Gasteiger partial charge in [0.15, 0.2) is 5.96 Å². The molecule has 0 bridgehead atoms. The summed E-state index contributed by atoms with van der Waals surface area (Å²) in [4.78, 5) is 9.16. The Balaban J connectivity index is 2.52. The molecule has 8 nitrogen and oxygen atoms in total. The van der Waals surface area contributed by atoms with Gasteiger partial charge >= 0.3 is 0 Å². The lowest BCUT2D eigenvalue weighted by molar-refractivity contribution is 0.665. The van der Waals surface area contributed by atoms with Crippen LogP contribution in [-0.2, 0) is 7.05 Å². The van der Waals surface area contributed by atoms with E-state index < -0.39 is 0 Å². The molecule has 0 radical (unpaired) electrons. The lowest BCUT2D eigenvalue weighted by Crippen LogP contribution is -2.26. The molecular formula is C9H12N8. The first kappa shape index (κ1) is 10.9. The smallest absolute Gasteiger partial charge is 0.223 e. The van der Waals surface area contributed by atoms with E-state index in [0.29, 0.717) is 11.2 Å². The zero-order valence-corrected chi connectivity index (χ0v) is 9.20. The van der Waals surface area contributed by atoms with E-state index in [0.717, 1.165) is 5.52 Å². The van der Waals surface area contributed by atoms with Gasteiger partial charge in [-0.3, -0.25) is 0 Å². The van der Waals surface area contributed by atoms with Crippen LogP contribution in [-0.4, -0.2) is 26.9 Å². The van der Waals surface area contributed by atoms with Crippen molar-refractivity contribution in [3.63, 3.8) is 0 Å². The minimum Gasteiger partial charge on any atom is -0.370 e. The second kappa shape index (κ2) is 4.08. The van der Waals surface area contributed by atoms with Crippen molar-refractivity contribution in [1.82, 2.24) is 15.0 Å². The molecule has 88 valence electrons. The van der Waals surface area contributed by atoms with Crippen LogP contribution < -0.4 is 17.2 Å². The van der Waals surface area contributed by atoms with Crippen LogP contribution in [0.25, 0.3) is 11.0 Å². The Morgan fingerprint density at radius 2 is 2.00 bits per heavy atom. The molecule has 2 rings (SSSR count). The minimum atomic E-state index is -0.141. The van der Waals surface area contributed by atoms with Crippen molar-refractivity contribution in [1.29, 1.82) is 0 Å². The first-order chi connectivity index (χ1) is 8.06. The van der Waals surface area contributed by atoms with E-state index in [1.165, 1.54) is 4.80 Å². The molecule has 0 atom stereocenters.